The SMILES string of the molecule is CC(C)(C)OC(=O)N1CCC(/C=N\[S@](=O)C(C)(C)C)(c2ccccc2I)CC1. The smallest absolute Gasteiger partial charge is 0.410 e. The Bertz CT molecular complexity index is 758. The quantitative estimate of drug-likeness (QED) is 0.414. The first kappa shape index (κ1) is 23.3. The first-order valence-electron chi connectivity index (χ1n) is 9.54. The van der Waals surface area contributed by atoms with E-state index in [9.17, 15) is 9.00 Å². The molecule has 1 amide bonds. The van der Waals surface area contributed by atoms with Gasteiger partial charge in [0.1, 0.15) is 16.6 Å². The zero-order valence-electron chi connectivity index (χ0n) is 17.6. The Morgan fingerprint density at radius 3 is 2.25 bits per heavy atom. The average molecular weight is 518 g/mol. The minimum atomic E-state index is -1.31. The fourth-order valence-electron chi connectivity index (χ4n) is 3.05. The molecule has 1 fully saturated rings. The van der Waals surface area contributed by atoms with Crippen LogP contribution < -0.4 is 0 Å². The Morgan fingerprint density at radius 2 is 1.75 bits per heavy atom. The summed E-state index contributed by atoms with van der Waals surface area (Å²) in [4.78, 5) is 14.2. The molecule has 0 spiro atoms. The summed E-state index contributed by atoms with van der Waals surface area (Å²) < 4.78 is 23.2. The highest BCUT2D eigenvalue weighted by Crippen LogP contribution is 2.37. The third-order valence-corrected chi connectivity index (χ3v) is 6.92. The van der Waals surface area contributed by atoms with Crippen molar-refractivity contribution >= 4 is 45.9 Å². The van der Waals surface area contributed by atoms with Crippen LogP contribution >= 0.6 is 22.6 Å². The van der Waals surface area contributed by atoms with Crippen LogP contribution in [0.4, 0.5) is 4.79 Å². The minimum Gasteiger partial charge on any atom is -0.444 e. The lowest BCUT2D eigenvalue weighted by molar-refractivity contribution is 0.0190. The molecule has 156 valence electrons. The van der Waals surface area contributed by atoms with Gasteiger partial charge < -0.3 is 9.64 Å². The maximum absolute atomic E-state index is 12.5. The van der Waals surface area contributed by atoms with Crippen molar-refractivity contribution in [3.05, 3.63) is 33.4 Å². The van der Waals surface area contributed by atoms with Crippen molar-refractivity contribution < 1.29 is 13.7 Å². The fraction of sp³-hybridized carbons (Fsp3) is 0.619. The highest BCUT2D eigenvalue weighted by Gasteiger charge is 2.39. The number of ether oxygens (including phenoxy) is 1. The van der Waals surface area contributed by atoms with Gasteiger partial charge in [-0.15, -0.1) is 0 Å². The van der Waals surface area contributed by atoms with Gasteiger partial charge in [0, 0.05) is 28.3 Å². The number of amides is 1. The van der Waals surface area contributed by atoms with Gasteiger partial charge in [-0.3, -0.25) is 0 Å². The van der Waals surface area contributed by atoms with Crippen molar-refractivity contribution in [1.82, 2.24) is 4.90 Å². The number of benzene rings is 1. The molecule has 1 aromatic carbocycles. The zero-order valence-corrected chi connectivity index (χ0v) is 20.6. The van der Waals surface area contributed by atoms with Crippen LogP contribution in [0.25, 0.3) is 0 Å². The number of halogens is 1. The fourth-order valence-corrected chi connectivity index (χ4v) is 4.59. The number of carbonyl (C=O) groups is 1. The van der Waals surface area contributed by atoms with Crippen LogP contribution in [0.15, 0.2) is 28.7 Å². The number of nitrogens with zero attached hydrogens (tertiary/aromatic N) is 2. The maximum atomic E-state index is 12.5. The van der Waals surface area contributed by atoms with Crippen LogP contribution in [0.1, 0.15) is 59.9 Å². The molecule has 1 aromatic rings. The van der Waals surface area contributed by atoms with E-state index in [1.165, 1.54) is 5.56 Å². The van der Waals surface area contributed by atoms with Gasteiger partial charge in [0.25, 0.3) is 0 Å². The van der Waals surface area contributed by atoms with Crippen molar-refractivity contribution in [3.8, 4) is 0 Å². The molecule has 28 heavy (non-hydrogen) atoms. The van der Waals surface area contributed by atoms with Gasteiger partial charge in [0.15, 0.2) is 0 Å². The van der Waals surface area contributed by atoms with E-state index in [1.54, 1.807) is 4.90 Å². The van der Waals surface area contributed by atoms with Gasteiger partial charge in [0.2, 0.25) is 0 Å². The number of rotatable bonds is 3. The predicted molar refractivity (Wildman–Crippen MR) is 124 cm³/mol. The highest BCUT2D eigenvalue weighted by atomic mass is 127. The second-order valence-electron chi connectivity index (χ2n) is 9.20. The molecule has 0 unspecified atom stereocenters. The molecule has 0 aliphatic carbocycles. The Kier molecular flexibility index (Phi) is 7.34. The van der Waals surface area contributed by atoms with Gasteiger partial charge in [0.05, 0.1) is 4.75 Å². The number of carbonyl (C=O) groups excluding carboxylic acids is 1. The van der Waals surface area contributed by atoms with E-state index in [-0.39, 0.29) is 11.5 Å². The molecule has 1 atom stereocenters. The lowest BCUT2D eigenvalue weighted by Gasteiger charge is -2.40. The van der Waals surface area contributed by atoms with E-state index in [0.717, 1.165) is 16.4 Å². The molecule has 5 nitrogen and oxygen atoms in total. The lowest BCUT2D eigenvalue weighted by atomic mass is 9.74. The largest absolute Gasteiger partial charge is 0.444 e. The Labute approximate surface area is 185 Å². The monoisotopic (exact) mass is 518 g/mol. The van der Waals surface area contributed by atoms with Crippen molar-refractivity contribution in [3.63, 3.8) is 0 Å². The molecule has 1 saturated heterocycles. The Morgan fingerprint density at radius 1 is 1.18 bits per heavy atom. The van der Waals surface area contributed by atoms with E-state index in [4.69, 9.17) is 4.74 Å². The molecule has 0 radical (unpaired) electrons. The van der Waals surface area contributed by atoms with Crippen molar-refractivity contribution in [1.29, 1.82) is 0 Å². The third-order valence-electron chi connectivity index (χ3n) is 4.64. The summed E-state index contributed by atoms with van der Waals surface area (Å²) in [7, 11) is -1.31. The minimum absolute atomic E-state index is 0.279. The average Bonchev–Trinajstić information content (AvgIpc) is 2.58. The maximum Gasteiger partial charge on any atom is 0.410 e. The number of hydrogen-bond donors (Lipinski definition) is 0. The van der Waals surface area contributed by atoms with Gasteiger partial charge in [-0.25, -0.2) is 9.00 Å². The van der Waals surface area contributed by atoms with Gasteiger partial charge in [-0.05, 0) is 88.6 Å². The lowest BCUT2D eigenvalue weighted by Crippen LogP contribution is -2.48. The molecule has 0 bridgehead atoms. The first-order chi connectivity index (χ1) is 12.8. The Hall–Kier alpha value is -0.960. The van der Waals surface area contributed by atoms with Gasteiger partial charge in [-0.2, -0.15) is 4.40 Å². The van der Waals surface area contributed by atoms with E-state index in [0.29, 0.717) is 13.1 Å². The second kappa shape index (κ2) is 8.81. The molecule has 1 heterocycles. The van der Waals surface area contributed by atoms with Crippen molar-refractivity contribution in [2.75, 3.05) is 13.1 Å². The van der Waals surface area contributed by atoms with E-state index < -0.39 is 21.3 Å². The van der Waals surface area contributed by atoms with Gasteiger partial charge in [-0.1, -0.05) is 18.2 Å². The number of likely N-dealkylation sites (tertiary alicyclic amines) is 1. The summed E-state index contributed by atoms with van der Waals surface area (Å²) in [6, 6.07) is 8.22. The molecular weight excluding hydrogens is 487 g/mol. The second-order valence-corrected chi connectivity index (χ2v) is 12.3. The van der Waals surface area contributed by atoms with Crippen LogP contribution in [0, 0.1) is 3.57 Å². The normalized spacial score (nSPS) is 18.9. The number of hydrogen-bond acceptors (Lipinski definition) is 3. The molecule has 0 saturated carbocycles. The molecular formula is C21H31IN2O3S. The van der Waals surface area contributed by atoms with E-state index in [2.05, 4.69) is 39.1 Å². The zero-order chi connectivity index (χ0) is 21.2. The number of piperidine rings is 1. The highest BCUT2D eigenvalue weighted by molar-refractivity contribution is 14.1. The molecule has 2 rings (SSSR count). The van der Waals surface area contributed by atoms with Crippen LogP contribution in [-0.4, -0.2) is 44.9 Å². The summed E-state index contributed by atoms with van der Waals surface area (Å²) in [6.07, 6.45) is 3.03. The van der Waals surface area contributed by atoms with Crippen LogP contribution in [0.5, 0.6) is 0 Å². The van der Waals surface area contributed by atoms with Crippen molar-refractivity contribution in [2.45, 2.75) is 70.1 Å². The summed E-state index contributed by atoms with van der Waals surface area (Å²) in [5, 5.41) is 0. The summed E-state index contributed by atoms with van der Waals surface area (Å²) in [5.74, 6) is 0. The van der Waals surface area contributed by atoms with Crippen LogP contribution in [0.3, 0.4) is 0 Å². The predicted octanol–water partition coefficient (Wildman–Crippen LogP) is 5.09. The Balaban J connectivity index is 2.28. The van der Waals surface area contributed by atoms with Crippen LogP contribution in [0.2, 0.25) is 0 Å². The first-order valence-corrected chi connectivity index (χ1v) is 11.7. The third kappa shape index (κ3) is 6.02. The molecule has 0 N–H and O–H groups in total. The molecule has 0 aromatic heterocycles. The van der Waals surface area contributed by atoms with Crippen LogP contribution in [-0.2, 0) is 21.1 Å². The molecule has 1 aliphatic heterocycles. The summed E-state index contributed by atoms with van der Waals surface area (Å²) >= 11 is 2.34. The van der Waals surface area contributed by atoms with E-state index >= 15 is 0 Å². The summed E-state index contributed by atoms with van der Waals surface area (Å²) in [5.41, 5.74) is 0.331. The molecule has 1 aliphatic rings. The molecule has 7 heteroatoms. The van der Waals surface area contributed by atoms with E-state index in [1.807, 2.05) is 59.9 Å². The van der Waals surface area contributed by atoms with Crippen molar-refractivity contribution in [2.24, 2.45) is 4.40 Å². The standard InChI is InChI=1S/C21H31IN2O3S/c1-19(2,3)27-18(25)24-13-11-21(12-14-24,15-23-28(26)20(4,5)6)16-9-7-8-10-17(16)22/h7-10,15H,11-14H2,1-6H3/b23-15-/t28-/m1/s1. The van der Waals surface area contributed by atoms with Gasteiger partial charge >= 0.3 is 6.09 Å². The summed E-state index contributed by atoms with van der Waals surface area (Å²) in [6.45, 7) is 12.5. The topological polar surface area (TPSA) is 59.0 Å².